The van der Waals surface area contributed by atoms with Crippen LogP contribution in [0.4, 0.5) is 0 Å². The summed E-state index contributed by atoms with van der Waals surface area (Å²) in [6, 6.07) is 12.1. The first-order valence-electron chi connectivity index (χ1n) is 7.30. The molecule has 4 rings (SSSR count). The third-order valence-corrected chi connectivity index (χ3v) is 6.16. The Kier molecular flexibility index (Phi) is 2.72. The van der Waals surface area contributed by atoms with Gasteiger partial charge in [-0.3, -0.25) is 4.98 Å². The van der Waals surface area contributed by atoms with Gasteiger partial charge in [-0.05, 0) is 37.1 Å². The van der Waals surface area contributed by atoms with Crippen LogP contribution >= 0.6 is 0 Å². The molecule has 112 valence electrons. The van der Waals surface area contributed by atoms with E-state index in [0.717, 1.165) is 23.9 Å². The van der Waals surface area contributed by atoms with Crippen LogP contribution in [0.25, 0.3) is 10.9 Å². The smallest absolute Gasteiger partial charge is 0.260 e. The third-order valence-electron chi connectivity index (χ3n) is 4.45. The molecule has 0 atom stereocenters. The normalized spacial score (nSPS) is 16.8. The van der Waals surface area contributed by atoms with Gasteiger partial charge in [-0.1, -0.05) is 25.1 Å². The van der Waals surface area contributed by atoms with Crippen molar-refractivity contribution in [2.45, 2.75) is 30.1 Å². The molecule has 1 aliphatic rings. The van der Waals surface area contributed by atoms with Crippen molar-refractivity contribution >= 4 is 20.9 Å². The van der Waals surface area contributed by atoms with Gasteiger partial charge < -0.3 is 0 Å². The predicted octanol–water partition coefficient (Wildman–Crippen LogP) is 3.32. The fourth-order valence-corrected chi connectivity index (χ4v) is 4.23. The van der Waals surface area contributed by atoms with Crippen molar-refractivity contribution in [3.05, 3.63) is 60.6 Å². The highest BCUT2D eigenvalue weighted by atomic mass is 32.2. The molecule has 0 unspecified atom stereocenters. The van der Waals surface area contributed by atoms with Gasteiger partial charge in [-0.15, -0.1) is 0 Å². The van der Waals surface area contributed by atoms with Crippen LogP contribution < -0.4 is 0 Å². The lowest BCUT2D eigenvalue weighted by Gasteiger charge is -2.11. The molecule has 1 saturated carbocycles. The zero-order valence-corrected chi connectivity index (χ0v) is 13.0. The number of rotatable bonds is 3. The first kappa shape index (κ1) is 13.5. The molecule has 22 heavy (non-hydrogen) atoms. The van der Waals surface area contributed by atoms with E-state index in [1.807, 2.05) is 12.1 Å². The number of hydrogen-bond donors (Lipinski definition) is 0. The van der Waals surface area contributed by atoms with Crippen LogP contribution in [0.5, 0.6) is 0 Å². The highest BCUT2D eigenvalue weighted by Crippen LogP contribution is 2.48. The second kappa shape index (κ2) is 4.43. The number of aromatic nitrogens is 2. The van der Waals surface area contributed by atoms with Crippen molar-refractivity contribution in [3.8, 4) is 0 Å². The summed E-state index contributed by atoms with van der Waals surface area (Å²) in [6.07, 6.45) is 5.55. The van der Waals surface area contributed by atoms with Gasteiger partial charge in [-0.25, -0.2) is 12.4 Å². The molecule has 0 radical (unpaired) electrons. The molecule has 1 fully saturated rings. The summed E-state index contributed by atoms with van der Waals surface area (Å²) in [6.45, 7) is 2.18. The van der Waals surface area contributed by atoms with Crippen molar-refractivity contribution in [1.82, 2.24) is 8.96 Å². The molecule has 3 aromatic rings. The van der Waals surface area contributed by atoms with Gasteiger partial charge in [0.25, 0.3) is 10.0 Å². The zero-order valence-electron chi connectivity index (χ0n) is 12.2. The minimum atomic E-state index is -3.58. The van der Waals surface area contributed by atoms with Crippen molar-refractivity contribution in [1.29, 1.82) is 0 Å². The van der Waals surface area contributed by atoms with Crippen molar-refractivity contribution in [3.63, 3.8) is 0 Å². The van der Waals surface area contributed by atoms with Crippen LogP contribution in [-0.4, -0.2) is 17.4 Å². The maximum absolute atomic E-state index is 12.8. The molecule has 2 heterocycles. The largest absolute Gasteiger partial charge is 0.268 e. The van der Waals surface area contributed by atoms with Gasteiger partial charge in [0, 0.05) is 23.2 Å². The van der Waals surface area contributed by atoms with Crippen molar-refractivity contribution in [2.24, 2.45) is 0 Å². The lowest BCUT2D eigenvalue weighted by molar-refractivity contribution is 0.589. The molecule has 1 aliphatic carbocycles. The maximum Gasteiger partial charge on any atom is 0.268 e. The summed E-state index contributed by atoms with van der Waals surface area (Å²) in [4.78, 5) is 4.80. The van der Waals surface area contributed by atoms with Crippen LogP contribution in [0.15, 0.2) is 59.8 Å². The zero-order chi connectivity index (χ0) is 15.4. The second-order valence-corrected chi connectivity index (χ2v) is 7.90. The van der Waals surface area contributed by atoms with E-state index in [0.29, 0.717) is 10.4 Å². The number of nitrogens with zero attached hydrogens (tertiary/aromatic N) is 2. The average molecular weight is 312 g/mol. The number of hydrogen-bond acceptors (Lipinski definition) is 3. The van der Waals surface area contributed by atoms with Gasteiger partial charge in [0.2, 0.25) is 0 Å². The molecule has 0 bridgehead atoms. The Hall–Kier alpha value is -2.14. The Labute approximate surface area is 129 Å². The Morgan fingerprint density at radius 2 is 1.82 bits per heavy atom. The minimum Gasteiger partial charge on any atom is -0.260 e. The molecular weight excluding hydrogens is 296 g/mol. The fraction of sp³-hybridized carbons (Fsp3) is 0.235. The van der Waals surface area contributed by atoms with Gasteiger partial charge >= 0.3 is 0 Å². The van der Waals surface area contributed by atoms with E-state index in [4.69, 9.17) is 0 Å². The highest BCUT2D eigenvalue weighted by molar-refractivity contribution is 7.90. The van der Waals surface area contributed by atoms with Crippen LogP contribution in [0.3, 0.4) is 0 Å². The standard InChI is InChI=1S/C17H16N2O2S/c1-17(9-10-17)16-14-8-12-19(15(14)7-11-18-16)22(20,21)13-5-3-2-4-6-13/h2-8,11-12H,9-10H2,1H3. The fourth-order valence-electron chi connectivity index (χ4n) is 2.86. The second-order valence-electron chi connectivity index (χ2n) is 6.08. The van der Waals surface area contributed by atoms with E-state index in [9.17, 15) is 8.42 Å². The van der Waals surface area contributed by atoms with Crippen LogP contribution in [0.2, 0.25) is 0 Å². The molecule has 0 aliphatic heterocycles. The molecule has 5 heteroatoms. The van der Waals surface area contributed by atoms with Gasteiger partial charge in [0.05, 0.1) is 16.1 Å². The van der Waals surface area contributed by atoms with Gasteiger partial charge in [0.15, 0.2) is 0 Å². The topological polar surface area (TPSA) is 52.0 Å². The van der Waals surface area contributed by atoms with Crippen LogP contribution in [0, 0.1) is 0 Å². The van der Waals surface area contributed by atoms with E-state index in [1.54, 1.807) is 42.7 Å². The summed E-state index contributed by atoms with van der Waals surface area (Å²) >= 11 is 0. The number of benzene rings is 1. The summed E-state index contributed by atoms with van der Waals surface area (Å²) in [5.74, 6) is 0. The van der Waals surface area contributed by atoms with Gasteiger partial charge in [0.1, 0.15) is 0 Å². The first-order valence-corrected chi connectivity index (χ1v) is 8.74. The summed E-state index contributed by atoms with van der Waals surface area (Å²) in [5, 5.41) is 0.932. The molecular formula is C17H16N2O2S. The number of fused-ring (bicyclic) bond motifs is 1. The maximum atomic E-state index is 12.8. The molecule has 0 saturated heterocycles. The Morgan fingerprint density at radius 3 is 2.50 bits per heavy atom. The van der Waals surface area contributed by atoms with Crippen LogP contribution in [-0.2, 0) is 15.4 Å². The molecule has 0 amide bonds. The van der Waals surface area contributed by atoms with Gasteiger partial charge in [-0.2, -0.15) is 0 Å². The monoisotopic (exact) mass is 312 g/mol. The molecule has 2 aromatic heterocycles. The summed E-state index contributed by atoms with van der Waals surface area (Å²) in [7, 11) is -3.58. The lowest BCUT2D eigenvalue weighted by atomic mass is 10.0. The van der Waals surface area contributed by atoms with E-state index >= 15 is 0 Å². The van der Waals surface area contributed by atoms with E-state index in [1.165, 1.54) is 3.97 Å². The summed E-state index contributed by atoms with van der Waals surface area (Å²) in [5.41, 5.74) is 1.80. The Bertz CT molecular complexity index is 955. The molecule has 0 N–H and O–H groups in total. The molecule has 4 nitrogen and oxygen atoms in total. The highest BCUT2D eigenvalue weighted by Gasteiger charge is 2.42. The first-order chi connectivity index (χ1) is 10.5. The van der Waals surface area contributed by atoms with Crippen molar-refractivity contribution in [2.75, 3.05) is 0 Å². The molecule has 1 aromatic carbocycles. The lowest BCUT2D eigenvalue weighted by Crippen LogP contribution is -2.12. The van der Waals surface area contributed by atoms with Crippen molar-refractivity contribution < 1.29 is 8.42 Å². The Balaban J connectivity index is 1.94. The Morgan fingerprint density at radius 1 is 1.09 bits per heavy atom. The summed E-state index contributed by atoms with van der Waals surface area (Å²) < 4.78 is 27.0. The molecule has 0 spiro atoms. The van der Waals surface area contributed by atoms with E-state index < -0.39 is 10.0 Å². The quantitative estimate of drug-likeness (QED) is 0.745. The SMILES string of the molecule is CC1(c2nccc3c2ccn3S(=O)(=O)c2ccccc2)CC1. The van der Waals surface area contributed by atoms with Crippen LogP contribution in [0.1, 0.15) is 25.5 Å². The number of pyridine rings is 1. The average Bonchev–Trinajstić information content (AvgIpc) is 3.12. The minimum absolute atomic E-state index is 0.0994. The van der Waals surface area contributed by atoms with E-state index in [2.05, 4.69) is 11.9 Å². The van der Waals surface area contributed by atoms with E-state index in [-0.39, 0.29) is 5.41 Å². The predicted molar refractivity (Wildman–Crippen MR) is 85.3 cm³/mol. The third kappa shape index (κ3) is 1.89.